The van der Waals surface area contributed by atoms with Gasteiger partial charge in [0, 0.05) is 29.4 Å². The molecule has 5 N–H and O–H groups in total. The van der Waals surface area contributed by atoms with E-state index in [1.54, 1.807) is 26.6 Å². The standard InChI is InChI=1S/C21H25N3O4.C4H6O6/c1-4-28-19-8-14-15-7-13(25)5-6-17(15)24-20(16(14)9-18(19)26-2)12-10-22-21(27-3)23-11-12;5-1(3(7)8)2(6)4(9)10/h8-11,13,15,17,25H,4-7H2,1-3H3;1-2,5-6H,(H,7,8)(H,9,10)/t13-,15-,17-;1-,2-/m11/s1. The minimum atomic E-state index is -2.27. The second-order valence-corrected chi connectivity index (χ2v) is 8.67. The topological polar surface area (TPSA) is 201 Å². The van der Waals surface area contributed by atoms with Gasteiger partial charge in [0.05, 0.1) is 38.7 Å². The second kappa shape index (κ2) is 12.6. The summed E-state index contributed by atoms with van der Waals surface area (Å²) in [6.07, 6.45) is 0.946. The van der Waals surface area contributed by atoms with Crippen molar-refractivity contribution in [3.63, 3.8) is 0 Å². The van der Waals surface area contributed by atoms with Gasteiger partial charge in [-0.25, -0.2) is 19.6 Å². The van der Waals surface area contributed by atoms with Crippen LogP contribution in [0, 0.1) is 0 Å². The molecule has 1 aromatic carbocycles. The molecular formula is C25H31N3O10. The van der Waals surface area contributed by atoms with Crippen LogP contribution in [-0.2, 0) is 9.59 Å². The molecule has 0 spiro atoms. The van der Waals surface area contributed by atoms with Crippen molar-refractivity contribution >= 4 is 17.7 Å². The van der Waals surface area contributed by atoms with Crippen LogP contribution >= 0.6 is 0 Å². The SMILES string of the molecule is CCOc1cc2c(cc1OC)C(c1cnc(OC)nc1)=N[C@@H]1CC[C@@H](O)C[C@H]21.O=C(O)[C@H](O)[C@@H](O)C(=O)O. The van der Waals surface area contributed by atoms with Crippen molar-refractivity contribution in [3.05, 3.63) is 41.2 Å². The van der Waals surface area contributed by atoms with Crippen molar-refractivity contribution < 1.29 is 49.3 Å². The third-order valence-corrected chi connectivity index (χ3v) is 6.26. The quantitative estimate of drug-likeness (QED) is 0.317. The Kier molecular flexibility index (Phi) is 9.55. The van der Waals surface area contributed by atoms with E-state index in [1.807, 2.05) is 19.1 Å². The van der Waals surface area contributed by atoms with Gasteiger partial charge < -0.3 is 39.7 Å². The molecule has 0 unspecified atom stereocenters. The van der Waals surface area contributed by atoms with E-state index in [4.69, 9.17) is 39.6 Å². The molecule has 206 valence electrons. The van der Waals surface area contributed by atoms with Crippen molar-refractivity contribution in [2.75, 3.05) is 20.8 Å². The maximum absolute atomic E-state index is 10.2. The van der Waals surface area contributed by atoms with Crippen LogP contribution in [0.15, 0.2) is 29.5 Å². The molecule has 13 heteroatoms. The van der Waals surface area contributed by atoms with Crippen LogP contribution in [0.3, 0.4) is 0 Å². The number of aliphatic carboxylic acids is 2. The van der Waals surface area contributed by atoms with Crippen LogP contribution in [0.4, 0.5) is 0 Å². The molecule has 0 amide bonds. The first-order chi connectivity index (χ1) is 18.1. The van der Waals surface area contributed by atoms with E-state index in [9.17, 15) is 14.7 Å². The maximum atomic E-state index is 10.2. The van der Waals surface area contributed by atoms with Gasteiger partial charge in [-0.05, 0) is 43.9 Å². The first kappa shape index (κ1) is 28.8. The van der Waals surface area contributed by atoms with E-state index in [0.717, 1.165) is 41.0 Å². The zero-order chi connectivity index (χ0) is 28.0. The number of hydrogen-bond acceptors (Lipinski definition) is 11. The number of aromatic nitrogens is 2. The molecule has 38 heavy (non-hydrogen) atoms. The monoisotopic (exact) mass is 533 g/mol. The van der Waals surface area contributed by atoms with E-state index in [2.05, 4.69) is 9.97 Å². The predicted molar refractivity (Wildman–Crippen MR) is 132 cm³/mol. The highest BCUT2D eigenvalue weighted by atomic mass is 16.5. The van der Waals surface area contributed by atoms with Gasteiger partial charge in [0.1, 0.15) is 0 Å². The Balaban J connectivity index is 0.000000342. The molecule has 4 rings (SSSR count). The Labute approximate surface area is 218 Å². The molecule has 5 atom stereocenters. The van der Waals surface area contributed by atoms with Crippen molar-refractivity contribution in [1.29, 1.82) is 0 Å². The Morgan fingerprint density at radius 3 is 2.16 bits per heavy atom. The fourth-order valence-electron chi connectivity index (χ4n) is 4.42. The average molecular weight is 534 g/mol. The molecule has 2 aliphatic rings. The van der Waals surface area contributed by atoms with Crippen molar-refractivity contribution in [2.45, 2.75) is 56.5 Å². The summed E-state index contributed by atoms with van der Waals surface area (Å²) in [5.74, 6) is -2.00. The Morgan fingerprint density at radius 1 is 1.00 bits per heavy atom. The molecule has 13 nitrogen and oxygen atoms in total. The number of carboxylic acids is 2. The lowest BCUT2D eigenvalue weighted by atomic mass is 9.74. The number of aliphatic hydroxyl groups is 3. The van der Waals surface area contributed by atoms with Gasteiger partial charge in [-0.2, -0.15) is 0 Å². The number of aliphatic hydroxyl groups excluding tert-OH is 3. The van der Waals surface area contributed by atoms with Gasteiger partial charge in [0.15, 0.2) is 23.7 Å². The van der Waals surface area contributed by atoms with Crippen LogP contribution in [0.5, 0.6) is 17.5 Å². The fraction of sp³-hybridized carbons (Fsp3) is 0.480. The van der Waals surface area contributed by atoms with Crippen LogP contribution in [-0.4, -0.2) is 98.3 Å². The highest BCUT2D eigenvalue weighted by Crippen LogP contribution is 2.44. The van der Waals surface area contributed by atoms with Crippen molar-refractivity contribution in [3.8, 4) is 17.5 Å². The first-order valence-electron chi connectivity index (χ1n) is 11.9. The van der Waals surface area contributed by atoms with Gasteiger partial charge in [-0.15, -0.1) is 0 Å². The van der Waals surface area contributed by atoms with Crippen molar-refractivity contribution in [1.82, 2.24) is 9.97 Å². The molecule has 1 aliphatic carbocycles. The summed E-state index contributed by atoms with van der Waals surface area (Å²) < 4.78 is 16.4. The molecular weight excluding hydrogens is 502 g/mol. The summed E-state index contributed by atoms with van der Waals surface area (Å²) in [5.41, 5.74) is 3.78. The summed E-state index contributed by atoms with van der Waals surface area (Å²) in [6, 6.07) is 4.46. The fourth-order valence-corrected chi connectivity index (χ4v) is 4.42. The number of carbonyl (C=O) groups is 2. The average Bonchev–Trinajstić information content (AvgIpc) is 2.92. The third-order valence-electron chi connectivity index (χ3n) is 6.26. The van der Waals surface area contributed by atoms with Crippen LogP contribution in [0.1, 0.15) is 48.8 Å². The number of methoxy groups -OCH3 is 2. The second-order valence-electron chi connectivity index (χ2n) is 8.67. The smallest absolute Gasteiger partial charge is 0.335 e. The highest BCUT2D eigenvalue weighted by molar-refractivity contribution is 6.14. The summed E-state index contributed by atoms with van der Waals surface area (Å²) in [4.78, 5) is 33.1. The van der Waals surface area contributed by atoms with E-state index in [1.165, 1.54) is 0 Å². The Bertz CT molecular complexity index is 1150. The maximum Gasteiger partial charge on any atom is 0.335 e. The van der Waals surface area contributed by atoms with Gasteiger partial charge in [0.2, 0.25) is 0 Å². The lowest BCUT2D eigenvalue weighted by molar-refractivity contribution is -0.165. The van der Waals surface area contributed by atoms with E-state index >= 15 is 0 Å². The normalized spacial score (nSPS) is 21.3. The number of carboxylic acid groups (broad SMARTS) is 2. The molecule has 1 aromatic heterocycles. The number of nitrogens with zero attached hydrogens (tertiary/aromatic N) is 3. The number of fused-ring (bicyclic) bond motifs is 3. The number of ether oxygens (including phenoxy) is 3. The molecule has 1 fully saturated rings. The molecule has 0 radical (unpaired) electrons. The molecule has 0 saturated heterocycles. The van der Waals surface area contributed by atoms with Gasteiger partial charge in [-0.3, -0.25) is 4.99 Å². The number of aliphatic imine (C=N–C) groups is 1. The lowest BCUT2D eigenvalue weighted by Crippen LogP contribution is -2.39. The highest BCUT2D eigenvalue weighted by Gasteiger charge is 2.37. The molecule has 0 bridgehead atoms. The summed E-state index contributed by atoms with van der Waals surface area (Å²) >= 11 is 0. The predicted octanol–water partition coefficient (Wildman–Crippen LogP) is 0.618. The minimum absolute atomic E-state index is 0.121. The van der Waals surface area contributed by atoms with E-state index < -0.39 is 24.1 Å². The Hall–Kier alpha value is -3.81. The molecule has 2 aromatic rings. The molecule has 1 aliphatic heterocycles. The third kappa shape index (κ3) is 6.36. The van der Waals surface area contributed by atoms with Crippen molar-refractivity contribution in [2.24, 2.45) is 4.99 Å². The Morgan fingerprint density at radius 2 is 1.63 bits per heavy atom. The molecule has 2 heterocycles. The first-order valence-corrected chi connectivity index (χ1v) is 11.9. The van der Waals surface area contributed by atoms with Crippen LogP contribution in [0.25, 0.3) is 0 Å². The van der Waals surface area contributed by atoms with Gasteiger partial charge in [-0.1, -0.05) is 0 Å². The largest absolute Gasteiger partial charge is 0.493 e. The summed E-state index contributed by atoms with van der Waals surface area (Å²) in [7, 11) is 3.17. The number of rotatable bonds is 8. The number of benzene rings is 1. The zero-order valence-corrected chi connectivity index (χ0v) is 21.1. The molecule has 1 saturated carbocycles. The number of hydrogen-bond donors (Lipinski definition) is 5. The van der Waals surface area contributed by atoms with E-state index in [-0.39, 0.29) is 18.1 Å². The van der Waals surface area contributed by atoms with Gasteiger partial charge in [0.25, 0.3) is 0 Å². The van der Waals surface area contributed by atoms with Crippen LogP contribution in [0.2, 0.25) is 0 Å². The zero-order valence-electron chi connectivity index (χ0n) is 21.1. The van der Waals surface area contributed by atoms with Crippen LogP contribution < -0.4 is 14.2 Å². The summed E-state index contributed by atoms with van der Waals surface area (Å²) in [5, 5.41) is 42.8. The minimum Gasteiger partial charge on any atom is -0.493 e. The van der Waals surface area contributed by atoms with Gasteiger partial charge >= 0.3 is 17.9 Å². The summed E-state index contributed by atoms with van der Waals surface area (Å²) in [6.45, 7) is 2.51. The lowest BCUT2D eigenvalue weighted by Gasteiger charge is -2.37. The van der Waals surface area contributed by atoms with E-state index in [0.29, 0.717) is 24.8 Å².